The fourth-order valence-electron chi connectivity index (χ4n) is 5.01. The van der Waals surface area contributed by atoms with Gasteiger partial charge in [0, 0.05) is 21.5 Å². The highest BCUT2D eigenvalue weighted by molar-refractivity contribution is 6.03. The summed E-state index contributed by atoms with van der Waals surface area (Å²) < 4.78 is 12.0. The third-order valence-corrected chi connectivity index (χ3v) is 7.17. The number of hydrogen-bond donors (Lipinski definition) is 2. The van der Waals surface area contributed by atoms with Crippen molar-refractivity contribution >= 4 is 43.6 Å². The van der Waals surface area contributed by atoms with Gasteiger partial charge in [0.25, 0.3) is 0 Å². The van der Waals surface area contributed by atoms with Crippen LogP contribution >= 0.6 is 0 Å². The summed E-state index contributed by atoms with van der Waals surface area (Å²) in [7, 11) is 0. The molecular formula is C34H24N2O4. The monoisotopic (exact) mass is 524 g/mol. The first-order valence-electron chi connectivity index (χ1n) is 13.0. The van der Waals surface area contributed by atoms with Crippen molar-refractivity contribution in [2.75, 3.05) is 0 Å². The van der Waals surface area contributed by atoms with E-state index in [2.05, 4.69) is 9.97 Å². The maximum absolute atomic E-state index is 13.6. The number of pyridine rings is 2. The maximum Gasteiger partial charge on any atom is 0.197 e. The van der Waals surface area contributed by atoms with Crippen molar-refractivity contribution < 1.29 is 9.47 Å². The van der Waals surface area contributed by atoms with Gasteiger partial charge in [-0.25, -0.2) is 0 Å². The van der Waals surface area contributed by atoms with Crippen molar-refractivity contribution in [3.63, 3.8) is 0 Å². The van der Waals surface area contributed by atoms with Crippen molar-refractivity contribution in [3.05, 3.63) is 129 Å². The molecule has 7 aromatic rings. The van der Waals surface area contributed by atoms with E-state index in [4.69, 9.17) is 9.47 Å². The molecule has 0 saturated heterocycles. The number of benzene rings is 5. The first-order valence-corrected chi connectivity index (χ1v) is 13.0. The van der Waals surface area contributed by atoms with Crippen molar-refractivity contribution in [1.29, 1.82) is 0 Å². The van der Waals surface area contributed by atoms with E-state index in [1.54, 1.807) is 24.3 Å². The van der Waals surface area contributed by atoms with Crippen molar-refractivity contribution in [2.45, 2.75) is 13.8 Å². The van der Waals surface area contributed by atoms with Gasteiger partial charge in [-0.3, -0.25) is 9.59 Å². The highest BCUT2D eigenvalue weighted by atomic mass is 16.5. The van der Waals surface area contributed by atoms with Gasteiger partial charge in [-0.15, -0.1) is 0 Å². The molecule has 0 amide bonds. The Morgan fingerprint density at radius 1 is 0.425 bits per heavy atom. The number of hydrogen-bond acceptors (Lipinski definition) is 4. The number of aromatic nitrogens is 2. The fraction of sp³-hybridized carbons (Fsp3) is 0.0588. The minimum atomic E-state index is -0.136. The smallest absolute Gasteiger partial charge is 0.197 e. The van der Waals surface area contributed by atoms with Crippen molar-refractivity contribution in [1.82, 2.24) is 9.97 Å². The lowest BCUT2D eigenvalue weighted by Gasteiger charge is -2.10. The molecule has 2 aromatic heterocycles. The van der Waals surface area contributed by atoms with Gasteiger partial charge < -0.3 is 19.4 Å². The van der Waals surface area contributed by atoms with Crippen LogP contribution in [0.15, 0.2) is 107 Å². The van der Waals surface area contributed by atoms with Crippen LogP contribution in [0.3, 0.4) is 0 Å². The van der Waals surface area contributed by atoms with Crippen LogP contribution in [0.2, 0.25) is 0 Å². The zero-order valence-corrected chi connectivity index (χ0v) is 21.9. The molecule has 5 aromatic carbocycles. The quantitative estimate of drug-likeness (QED) is 0.229. The van der Waals surface area contributed by atoms with Gasteiger partial charge in [0.1, 0.15) is 23.0 Å². The molecule has 0 radical (unpaired) electrons. The second kappa shape index (κ2) is 9.13. The number of nitrogens with one attached hydrogen (secondary N) is 2. The minimum absolute atomic E-state index is 0.136. The van der Waals surface area contributed by atoms with Crippen molar-refractivity contribution in [2.24, 2.45) is 0 Å². The van der Waals surface area contributed by atoms with E-state index >= 15 is 0 Å². The summed E-state index contributed by atoms with van der Waals surface area (Å²) >= 11 is 0. The average molecular weight is 525 g/mol. The lowest BCUT2D eigenvalue weighted by molar-refractivity contribution is 0.483. The topological polar surface area (TPSA) is 84.2 Å². The predicted molar refractivity (Wildman–Crippen MR) is 160 cm³/mol. The Kier molecular flexibility index (Phi) is 5.42. The van der Waals surface area contributed by atoms with Crippen LogP contribution in [-0.4, -0.2) is 9.97 Å². The zero-order chi connectivity index (χ0) is 27.4. The summed E-state index contributed by atoms with van der Waals surface area (Å²) in [5, 5.41) is 2.00. The number of fused-ring (bicyclic) bond motifs is 4. The van der Waals surface area contributed by atoms with Gasteiger partial charge in [-0.2, -0.15) is 0 Å². The van der Waals surface area contributed by atoms with Gasteiger partial charge in [0.05, 0.1) is 22.1 Å². The first kappa shape index (κ1) is 23.7. The largest absolute Gasteiger partial charge is 0.457 e. The second-order valence-corrected chi connectivity index (χ2v) is 10.1. The summed E-state index contributed by atoms with van der Waals surface area (Å²) in [6.07, 6.45) is 0. The average Bonchev–Trinajstić information content (AvgIpc) is 2.96. The highest BCUT2D eigenvalue weighted by Gasteiger charge is 2.13. The van der Waals surface area contributed by atoms with E-state index in [-0.39, 0.29) is 10.9 Å². The van der Waals surface area contributed by atoms with Crippen LogP contribution in [-0.2, 0) is 0 Å². The van der Waals surface area contributed by atoms with E-state index in [9.17, 15) is 9.59 Å². The summed E-state index contributed by atoms with van der Waals surface area (Å²) in [6, 6.07) is 29.8. The van der Waals surface area contributed by atoms with Crippen LogP contribution in [0.25, 0.3) is 43.6 Å². The second-order valence-electron chi connectivity index (χ2n) is 10.1. The van der Waals surface area contributed by atoms with Gasteiger partial charge in [-0.1, -0.05) is 35.4 Å². The third-order valence-electron chi connectivity index (χ3n) is 7.17. The number of aromatic amines is 2. The SMILES string of the molecule is Cc1ccc(Oc2ccc3[nH]c4cc5c(=O)c6cc(Oc7ccc(C)cc7)ccc6[nH]c5cc4c(=O)c3c2)cc1. The molecule has 2 N–H and O–H groups in total. The van der Waals surface area contributed by atoms with E-state index in [0.717, 1.165) is 11.1 Å². The molecule has 194 valence electrons. The highest BCUT2D eigenvalue weighted by Crippen LogP contribution is 2.28. The summed E-state index contributed by atoms with van der Waals surface area (Å²) in [5.41, 5.74) is 4.53. The summed E-state index contributed by atoms with van der Waals surface area (Å²) in [4.78, 5) is 33.8. The van der Waals surface area contributed by atoms with E-state index < -0.39 is 0 Å². The summed E-state index contributed by atoms with van der Waals surface area (Å²) in [5.74, 6) is 2.55. The molecule has 40 heavy (non-hydrogen) atoms. The lowest BCUT2D eigenvalue weighted by atomic mass is 10.0. The molecular weight excluding hydrogens is 500 g/mol. The summed E-state index contributed by atoms with van der Waals surface area (Å²) in [6.45, 7) is 4.03. The van der Waals surface area contributed by atoms with Crippen molar-refractivity contribution in [3.8, 4) is 23.0 Å². The Bertz CT molecular complexity index is 2050. The predicted octanol–water partition coefficient (Wildman–Crippen LogP) is 7.88. The molecule has 0 aliphatic carbocycles. The molecule has 6 nitrogen and oxygen atoms in total. The number of rotatable bonds is 4. The molecule has 0 saturated carbocycles. The lowest BCUT2D eigenvalue weighted by Crippen LogP contribution is -2.08. The Balaban J connectivity index is 1.33. The molecule has 7 rings (SSSR count). The first-order chi connectivity index (χ1) is 19.4. The Labute approximate surface area is 228 Å². The molecule has 0 aliphatic heterocycles. The molecule has 0 spiro atoms. The Hall–Kier alpha value is -5.36. The van der Waals surface area contributed by atoms with E-state index in [1.165, 1.54) is 0 Å². The van der Waals surface area contributed by atoms with Crippen LogP contribution < -0.4 is 20.3 Å². The molecule has 0 atom stereocenters. The normalized spacial score (nSPS) is 11.4. The maximum atomic E-state index is 13.6. The van der Waals surface area contributed by atoms with Crippen LogP contribution in [0.1, 0.15) is 11.1 Å². The standard InChI is InChI=1S/C34H24N2O4/c1-19-3-7-21(8-4-19)39-23-11-13-29-25(15-23)33(37)27-17-32-28(18-31(27)35-29)34(38)26-16-24(12-14-30(26)36-32)40-22-9-5-20(2)6-10-22/h3-18H,1-2H3,(H,35,37)(H,36,38). The molecule has 6 heteroatoms. The molecule has 0 aliphatic rings. The molecule has 0 bridgehead atoms. The van der Waals surface area contributed by atoms with Crippen LogP contribution in [0.5, 0.6) is 23.0 Å². The van der Waals surface area contributed by atoms with E-state index in [0.29, 0.717) is 66.6 Å². The van der Waals surface area contributed by atoms with Gasteiger partial charge in [0.15, 0.2) is 10.9 Å². The van der Waals surface area contributed by atoms with Gasteiger partial charge in [0.2, 0.25) is 0 Å². The number of aryl methyl sites for hydroxylation is 2. The Morgan fingerprint density at radius 3 is 1.18 bits per heavy atom. The molecule has 0 unspecified atom stereocenters. The zero-order valence-electron chi connectivity index (χ0n) is 21.9. The van der Waals surface area contributed by atoms with Crippen LogP contribution in [0, 0.1) is 13.8 Å². The molecule has 0 fully saturated rings. The Morgan fingerprint density at radius 2 is 0.775 bits per heavy atom. The molecule has 2 heterocycles. The van der Waals surface area contributed by atoms with E-state index in [1.807, 2.05) is 86.6 Å². The fourth-order valence-corrected chi connectivity index (χ4v) is 5.01. The van der Waals surface area contributed by atoms with Gasteiger partial charge >= 0.3 is 0 Å². The number of H-pyrrole nitrogens is 2. The van der Waals surface area contributed by atoms with Crippen LogP contribution in [0.4, 0.5) is 0 Å². The minimum Gasteiger partial charge on any atom is -0.457 e. The number of ether oxygens (including phenoxy) is 2. The van der Waals surface area contributed by atoms with Gasteiger partial charge in [-0.05, 0) is 86.6 Å². The third kappa shape index (κ3) is 4.16.